The van der Waals surface area contributed by atoms with Crippen molar-refractivity contribution in [2.75, 3.05) is 19.6 Å². The molecule has 1 aromatic heterocycles. The zero-order valence-electron chi connectivity index (χ0n) is 13.8. The Morgan fingerprint density at radius 3 is 2.55 bits per heavy atom. The number of rotatable bonds is 7. The highest BCUT2D eigenvalue weighted by molar-refractivity contribution is 5.92. The topological polar surface area (TPSA) is 58.4 Å². The van der Waals surface area contributed by atoms with Crippen molar-refractivity contribution in [2.45, 2.75) is 40.2 Å². The number of fused-ring (bicyclic) bond motifs is 1. The summed E-state index contributed by atoms with van der Waals surface area (Å²) in [6.07, 6.45) is 0. The Morgan fingerprint density at radius 1 is 1.32 bits per heavy atom. The molecule has 0 saturated carbocycles. The van der Waals surface area contributed by atoms with Gasteiger partial charge in [0, 0.05) is 19.0 Å². The van der Waals surface area contributed by atoms with Crippen molar-refractivity contribution < 1.29 is 9.90 Å². The normalized spacial score (nSPS) is 11.7. The van der Waals surface area contributed by atoms with Crippen LogP contribution >= 0.6 is 0 Å². The van der Waals surface area contributed by atoms with Crippen molar-refractivity contribution in [3.63, 3.8) is 0 Å². The lowest BCUT2D eigenvalue weighted by Gasteiger charge is -2.20. The van der Waals surface area contributed by atoms with E-state index in [0.717, 1.165) is 43.0 Å². The molecule has 0 fully saturated rings. The lowest BCUT2D eigenvalue weighted by Crippen LogP contribution is -2.27. The SMILES string of the molecule is CCN(CC)CCn1c(C(C)C)nc2cc(C(=O)O)ccc21. The summed E-state index contributed by atoms with van der Waals surface area (Å²) in [7, 11) is 0. The van der Waals surface area contributed by atoms with Crippen molar-refractivity contribution >= 4 is 17.0 Å². The molecule has 0 atom stereocenters. The Labute approximate surface area is 131 Å². The molecule has 1 aromatic carbocycles. The number of aromatic carboxylic acids is 1. The number of hydrogen-bond acceptors (Lipinski definition) is 3. The van der Waals surface area contributed by atoms with Crippen molar-refractivity contribution in [2.24, 2.45) is 0 Å². The third-order valence-corrected chi connectivity index (χ3v) is 4.08. The van der Waals surface area contributed by atoms with Gasteiger partial charge in [-0.3, -0.25) is 0 Å². The molecule has 5 nitrogen and oxygen atoms in total. The van der Waals surface area contributed by atoms with Crippen LogP contribution in [0.15, 0.2) is 18.2 Å². The quantitative estimate of drug-likeness (QED) is 0.853. The second-order valence-corrected chi connectivity index (χ2v) is 5.81. The van der Waals surface area contributed by atoms with Crippen LogP contribution in [0.2, 0.25) is 0 Å². The summed E-state index contributed by atoms with van der Waals surface area (Å²) in [5.74, 6) is 0.410. The molecule has 22 heavy (non-hydrogen) atoms. The first-order valence-electron chi connectivity index (χ1n) is 7.93. The second-order valence-electron chi connectivity index (χ2n) is 5.81. The van der Waals surface area contributed by atoms with E-state index in [9.17, 15) is 4.79 Å². The van der Waals surface area contributed by atoms with E-state index in [4.69, 9.17) is 5.11 Å². The van der Waals surface area contributed by atoms with Crippen LogP contribution in [0, 0.1) is 0 Å². The molecular weight excluding hydrogens is 278 g/mol. The summed E-state index contributed by atoms with van der Waals surface area (Å²) in [5.41, 5.74) is 2.07. The summed E-state index contributed by atoms with van der Waals surface area (Å²) in [6, 6.07) is 5.20. The molecule has 5 heteroatoms. The molecule has 0 unspecified atom stereocenters. The Hall–Kier alpha value is -1.88. The maximum absolute atomic E-state index is 11.1. The first-order valence-corrected chi connectivity index (χ1v) is 7.93. The van der Waals surface area contributed by atoms with Gasteiger partial charge in [0.05, 0.1) is 16.6 Å². The number of likely N-dealkylation sites (N-methyl/N-ethyl adjacent to an activating group) is 1. The lowest BCUT2D eigenvalue weighted by atomic mass is 10.2. The Morgan fingerprint density at radius 2 is 2.00 bits per heavy atom. The molecular formula is C17H25N3O2. The van der Waals surface area contributed by atoms with Gasteiger partial charge in [-0.2, -0.15) is 0 Å². The van der Waals surface area contributed by atoms with E-state index in [2.05, 4.69) is 42.1 Å². The van der Waals surface area contributed by atoms with Crippen molar-refractivity contribution in [3.05, 3.63) is 29.6 Å². The Bertz CT molecular complexity index is 657. The Balaban J connectivity index is 2.41. The summed E-state index contributed by atoms with van der Waals surface area (Å²) in [4.78, 5) is 18.2. The highest BCUT2D eigenvalue weighted by Crippen LogP contribution is 2.23. The minimum absolute atomic E-state index is 0.288. The molecule has 1 N–H and O–H groups in total. The molecule has 0 aliphatic carbocycles. The predicted octanol–water partition coefficient (Wildman–Crippen LogP) is 3.20. The van der Waals surface area contributed by atoms with Crippen LogP contribution in [0.4, 0.5) is 0 Å². The summed E-state index contributed by atoms with van der Waals surface area (Å²) >= 11 is 0. The van der Waals surface area contributed by atoms with Crippen LogP contribution in [0.25, 0.3) is 11.0 Å². The number of aromatic nitrogens is 2. The van der Waals surface area contributed by atoms with E-state index in [1.54, 1.807) is 12.1 Å². The molecule has 0 amide bonds. The average molecular weight is 303 g/mol. The molecule has 0 bridgehead atoms. The molecule has 0 spiro atoms. The number of carboxylic acids is 1. The van der Waals surface area contributed by atoms with Gasteiger partial charge in [0.15, 0.2) is 0 Å². The van der Waals surface area contributed by atoms with Gasteiger partial charge in [0.25, 0.3) is 0 Å². The van der Waals surface area contributed by atoms with Crippen LogP contribution in [0.1, 0.15) is 49.8 Å². The standard InChI is InChI=1S/C17H25N3O2/c1-5-19(6-2)9-10-20-15-8-7-13(17(21)22)11-14(15)18-16(20)12(3)4/h7-8,11-12H,5-6,9-10H2,1-4H3,(H,21,22). The number of hydrogen-bond donors (Lipinski definition) is 1. The number of benzene rings is 1. The first-order chi connectivity index (χ1) is 10.5. The molecule has 1 heterocycles. The number of imidazole rings is 1. The molecule has 2 rings (SSSR count). The van der Waals surface area contributed by atoms with Gasteiger partial charge < -0.3 is 14.6 Å². The van der Waals surface area contributed by atoms with Gasteiger partial charge in [-0.25, -0.2) is 9.78 Å². The smallest absolute Gasteiger partial charge is 0.335 e. The van der Waals surface area contributed by atoms with Crippen LogP contribution in [-0.4, -0.2) is 45.2 Å². The van der Waals surface area contributed by atoms with Crippen molar-refractivity contribution in [3.8, 4) is 0 Å². The number of carboxylic acid groups (broad SMARTS) is 1. The maximum atomic E-state index is 11.1. The van der Waals surface area contributed by atoms with E-state index >= 15 is 0 Å². The van der Waals surface area contributed by atoms with Crippen LogP contribution in [-0.2, 0) is 6.54 Å². The zero-order chi connectivity index (χ0) is 16.3. The summed E-state index contributed by atoms with van der Waals surface area (Å²) < 4.78 is 2.23. The lowest BCUT2D eigenvalue weighted by molar-refractivity contribution is 0.0697. The fraction of sp³-hybridized carbons (Fsp3) is 0.529. The molecule has 0 saturated heterocycles. The molecule has 0 aliphatic rings. The first kappa shape index (κ1) is 16.5. The fourth-order valence-electron chi connectivity index (χ4n) is 2.74. The number of carbonyl (C=O) groups is 1. The van der Waals surface area contributed by atoms with Crippen LogP contribution in [0.3, 0.4) is 0 Å². The van der Waals surface area contributed by atoms with E-state index in [0.29, 0.717) is 5.92 Å². The molecule has 0 radical (unpaired) electrons. The van der Waals surface area contributed by atoms with Crippen molar-refractivity contribution in [1.29, 1.82) is 0 Å². The summed E-state index contributed by atoms with van der Waals surface area (Å²) in [5, 5.41) is 9.13. The second kappa shape index (κ2) is 6.92. The van der Waals surface area contributed by atoms with Gasteiger partial charge in [-0.05, 0) is 31.3 Å². The molecule has 2 aromatic rings. The Kier molecular flexibility index (Phi) is 5.19. The highest BCUT2D eigenvalue weighted by atomic mass is 16.4. The average Bonchev–Trinajstić information content (AvgIpc) is 2.86. The minimum Gasteiger partial charge on any atom is -0.478 e. The predicted molar refractivity (Wildman–Crippen MR) is 88.6 cm³/mol. The third kappa shape index (κ3) is 3.30. The zero-order valence-corrected chi connectivity index (χ0v) is 13.8. The van der Waals surface area contributed by atoms with E-state index in [-0.39, 0.29) is 5.56 Å². The monoisotopic (exact) mass is 303 g/mol. The van der Waals surface area contributed by atoms with Crippen molar-refractivity contribution in [1.82, 2.24) is 14.5 Å². The van der Waals surface area contributed by atoms with E-state index < -0.39 is 5.97 Å². The molecule has 0 aliphatic heterocycles. The van der Waals surface area contributed by atoms with E-state index in [1.165, 1.54) is 0 Å². The summed E-state index contributed by atoms with van der Waals surface area (Å²) in [6.45, 7) is 12.5. The fourth-order valence-corrected chi connectivity index (χ4v) is 2.74. The largest absolute Gasteiger partial charge is 0.478 e. The van der Waals surface area contributed by atoms with E-state index in [1.807, 2.05) is 6.07 Å². The number of nitrogens with zero attached hydrogens (tertiary/aromatic N) is 3. The van der Waals surface area contributed by atoms with Crippen LogP contribution in [0.5, 0.6) is 0 Å². The minimum atomic E-state index is -0.911. The highest BCUT2D eigenvalue weighted by Gasteiger charge is 2.15. The van der Waals surface area contributed by atoms with Gasteiger partial charge in [0.2, 0.25) is 0 Å². The van der Waals surface area contributed by atoms with Crippen LogP contribution < -0.4 is 0 Å². The third-order valence-electron chi connectivity index (χ3n) is 4.08. The van der Waals surface area contributed by atoms with Gasteiger partial charge in [0.1, 0.15) is 5.82 Å². The van der Waals surface area contributed by atoms with Gasteiger partial charge in [-0.15, -0.1) is 0 Å². The van der Waals surface area contributed by atoms with Gasteiger partial charge >= 0.3 is 5.97 Å². The van der Waals surface area contributed by atoms with Gasteiger partial charge in [-0.1, -0.05) is 27.7 Å². The maximum Gasteiger partial charge on any atom is 0.335 e. The molecule has 120 valence electrons.